The first-order valence-electron chi connectivity index (χ1n) is 13.4. The highest BCUT2D eigenvalue weighted by molar-refractivity contribution is 6.34. The Bertz CT molecular complexity index is 1870. The molecule has 7 rings (SSSR count). The molecule has 8 nitrogen and oxygen atoms in total. The molecule has 206 valence electrons. The number of para-hydroxylation sites is 1. The van der Waals surface area contributed by atoms with Crippen LogP contribution in [0.5, 0.6) is 0 Å². The van der Waals surface area contributed by atoms with Crippen molar-refractivity contribution < 1.29 is 19.3 Å². The molecular weight excluding hydrogens is 554 g/mol. The molecule has 1 N–H and O–H groups in total. The number of halogens is 1. The van der Waals surface area contributed by atoms with Gasteiger partial charge in [0.15, 0.2) is 11.6 Å². The Kier molecular flexibility index (Phi) is 5.85. The van der Waals surface area contributed by atoms with Gasteiger partial charge < -0.3 is 10.2 Å². The minimum Gasteiger partial charge on any atom is -0.358 e. The normalized spacial score (nSPS) is 23.2. The summed E-state index contributed by atoms with van der Waals surface area (Å²) in [5.74, 6) is -2.60. The Hall–Kier alpha value is -5.08. The van der Waals surface area contributed by atoms with Gasteiger partial charge in [0, 0.05) is 35.1 Å². The van der Waals surface area contributed by atoms with Crippen LogP contribution in [0.2, 0.25) is 5.02 Å². The zero-order valence-electron chi connectivity index (χ0n) is 21.9. The van der Waals surface area contributed by atoms with Crippen LogP contribution >= 0.6 is 11.6 Å². The molecular formula is C33H22ClN3O5. The summed E-state index contributed by atoms with van der Waals surface area (Å²) in [6, 6.07) is 24.9. The number of nitrogens with one attached hydrogen (secondary N) is 1. The Morgan fingerprint density at radius 3 is 2.45 bits per heavy atom. The van der Waals surface area contributed by atoms with Crippen molar-refractivity contribution in [2.75, 3.05) is 5.32 Å². The topological polar surface area (TPSA) is 110 Å². The fourth-order valence-corrected chi connectivity index (χ4v) is 7.17. The van der Waals surface area contributed by atoms with Gasteiger partial charge in [-0.1, -0.05) is 78.3 Å². The number of carbonyl (C=O) groups excluding carboxylic acids is 3. The molecule has 1 fully saturated rings. The molecule has 0 radical (unpaired) electrons. The lowest BCUT2D eigenvalue weighted by atomic mass is 9.62. The van der Waals surface area contributed by atoms with Crippen molar-refractivity contribution in [1.82, 2.24) is 4.90 Å². The number of fused-ring (bicyclic) bond motifs is 6. The van der Waals surface area contributed by atoms with Crippen LogP contribution in [0, 0.1) is 16.0 Å². The summed E-state index contributed by atoms with van der Waals surface area (Å²) in [4.78, 5) is 56.6. The van der Waals surface area contributed by atoms with Crippen LogP contribution < -0.4 is 5.32 Å². The Morgan fingerprint density at radius 1 is 0.905 bits per heavy atom. The van der Waals surface area contributed by atoms with Crippen LogP contribution in [0.3, 0.4) is 0 Å². The van der Waals surface area contributed by atoms with Gasteiger partial charge in [0.1, 0.15) is 11.5 Å². The third-order valence-electron chi connectivity index (χ3n) is 8.60. The van der Waals surface area contributed by atoms with E-state index in [1.54, 1.807) is 47.5 Å². The van der Waals surface area contributed by atoms with Gasteiger partial charge in [-0.2, -0.15) is 0 Å². The Morgan fingerprint density at radius 2 is 1.64 bits per heavy atom. The minimum absolute atomic E-state index is 0.0703. The minimum atomic E-state index is -1.52. The van der Waals surface area contributed by atoms with Gasteiger partial charge in [-0.05, 0) is 41.0 Å². The van der Waals surface area contributed by atoms with E-state index in [9.17, 15) is 24.5 Å². The van der Waals surface area contributed by atoms with Crippen LogP contribution in [0.25, 0.3) is 6.08 Å². The molecule has 1 spiro atoms. The number of carbonyl (C=O) groups is 3. The molecule has 0 bridgehead atoms. The molecule has 3 heterocycles. The van der Waals surface area contributed by atoms with Crippen molar-refractivity contribution in [3.8, 4) is 0 Å². The maximum atomic E-state index is 14.8. The lowest BCUT2D eigenvalue weighted by Crippen LogP contribution is -2.49. The zero-order valence-corrected chi connectivity index (χ0v) is 22.7. The van der Waals surface area contributed by atoms with Gasteiger partial charge in [-0.15, -0.1) is 0 Å². The quantitative estimate of drug-likeness (QED) is 0.172. The summed E-state index contributed by atoms with van der Waals surface area (Å²) < 4.78 is 0. The van der Waals surface area contributed by atoms with Crippen LogP contribution in [-0.4, -0.2) is 33.3 Å². The van der Waals surface area contributed by atoms with Crippen LogP contribution in [0.1, 0.15) is 43.4 Å². The second-order valence-electron chi connectivity index (χ2n) is 10.6. The summed E-state index contributed by atoms with van der Waals surface area (Å²) in [6.45, 7) is 0. The van der Waals surface area contributed by atoms with E-state index in [4.69, 9.17) is 11.6 Å². The SMILES string of the molecule is O=C(c1cccc([N+](=O)[O-])c1)[C@@H]1[C@H](C(=O)c2ccccc2Cl)[C@@]2(C(=O)Nc3ccccc32)[C@@H]2c3ccccc3C=CN12. The molecule has 1 amide bonds. The van der Waals surface area contributed by atoms with Gasteiger partial charge >= 0.3 is 0 Å². The number of anilines is 1. The largest absolute Gasteiger partial charge is 0.358 e. The van der Waals surface area contributed by atoms with E-state index in [0.717, 1.165) is 11.1 Å². The number of Topliss-reactive ketones (excluding diaryl/α,β-unsaturated/α-hetero) is 2. The van der Waals surface area contributed by atoms with Crippen LogP contribution in [0.4, 0.5) is 11.4 Å². The number of amides is 1. The molecule has 3 aliphatic rings. The lowest BCUT2D eigenvalue weighted by Gasteiger charge is -2.38. The summed E-state index contributed by atoms with van der Waals surface area (Å²) in [7, 11) is 0. The van der Waals surface area contributed by atoms with Crippen molar-refractivity contribution >= 4 is 46.5 Å². The summed E-state index contributed by atoms with van der Waals surface area (Å²) >= 11 is 6.55. The number of benzene rings is 4. The molecule has 4 aromatic carbocycles. The van der Waals surface area contributed by atoms with Crippen molar-refractivity contribution in [2.24, 2.45) is 5.92 Å². The van der Waals surface area contributed by atoms with Crippen LogP contribution in [0.15, 0.2) is 103 Å². The first-order valence-corrected chi connectivity index (χ1v) is 13.7. The Labute approximate surface area is 245 Å². The van der Waals surface area contributed by atoms with E-state index in [1.165, 1.54) is 24.3 Å². The van der Waals surface area contributed by atoms with Crippen molar-refractivity contribution in [3.63, 3.8) is 0 Å². The number of hydrogen-bond acceptors (Lipinski definition) is 6. The Balaban J connectivity index is 1.54. The van der Waals surface area contributed by atoms with Gasteiger partial charge in [-0.25, -0.2) is 0 Å². The predicted molar refractivity (Wildman–Crippen MR) is 157 cm³/mol. The highest BCUT2D eigenvalue weighted by Crippen LogP contribution is 2.62. The van der Waals surface area contributed by atoms with E-state index in [0.29, 0.717) is 11.3 Å². The average Bonchev–Trinajstić information content (AvgIpc) is 3.49. The maximum Gasteiger partial charge on any atom is 0.270 e. The standard InChI is InChI=1S/C33H22ClN3O5/c34-25-14-5-3-12-23(25)30(39)27-28(29(38)20-9-7-10-21(18-20)37(41)42)36-17-16-19-8-1-2-11-22(19)31(36)33(27)24-13-4-6-15-26(24)35-32(33)40/h1-18,27-28,31H,(H,35,40)/t27-,28+,31+,33-/m1/s1. The van der Waals surface area contributed by atoms with Crippen molar-refractivity contribution in [1.29, 1.82) is 0 Å². The predicted octanol–water partition coefficient (Wildman–Crippen LogP) is 6.23. The number of nitrogens with zero attached hydrogens (tertiary/aromatic N) is 2. The summed E-state index contributed by atoms with van der Waals surface area (Å²) in [5.41, 5.74) is 1.32. The molecule has 0 aromatic heterocycles. The second kappa shape index (κ2) is 9.49. The number of hydrogen-bond donors (Lipinski definition) is 1. The van der Waals surface area contributed by atoms with E-state index in [1.807, 2.05) is 42.5 Å². The van der Waals surface area contributed by atoms with E-state index >= 15 is 0 Å². The highest BCUT2D eigenvalue weighted by Gasteiger charge is 2.70. The van der Waals surface area contributed by atoms with E-state index in [-0.39, 0.29) is 21.8 Å². The second-order valence-corrected chi connectivity index (χ2v) is 11.0. The third kappa shape index (κ3) is 3.51. The molecule has 1 saturated heterocycles. The maximum absolute atomic E-state index is 14.8. The summed E-state index contributed by atoms with van der Waals surface area (Å²) in [5, 5.41) is 14.8. The number of rotatable bonds is 5. The first-order chi connectivity index (χ1) is 20.3. The smallest absolute Gasteiger partial charge is 0.270 e. The molecule has 3 aliphatic heterocycles. The van der Waals surface area contributed by atoms with Gasteiger partial charge in [0.25, 0.3) is 5.69 Å². The van der Waals surface area contributed by atoms with Gasteiger partial charge in [0.2, 0.25) is 5.91 Å². The number of nitro benzene ring substituents is 1. The van der Waals surface area contributed by atoms with Gasteiger partial charge in [-0.3, -0.25) is 24.5 Å². The van der Waals surface area contributed by atoms with E-state index < -0.39 is 45.8 Å². The van der Waals surface area contributed by atoms with Crippen molar-refractivity contribution in [3.05, 3.63) is 146 Å². The fourth-order valence-electron chi connectivity index (χ4n) is 6.94. The van der Waals surface area contributed by atoms with E-state index in [2.05, 4.69) is 5.32 Å². The lowest BCUT2D eigenvalue weighted by molar-refractivity contribution is -0.384. The summed E-state index contributed by atoms with van der Waals surface area (Å²) in [6.07, 6.45) is 3.61. The average molecular weight is 576 g/mol. The molecule has 9 heteroatoms. The number of non-ortho nitro benzene ring substituents is 1. The number of ketones is 2. The molecule has 42 heavy (non-hydrogen) atoms. The number of nitro groups is 1. The molecule has 4 atom stereocenters. The monoisotopic (exact) mass is 575 g/mol. The van der Waals surface area contributed by atoms with Crippen molar-refractivity contribution in [2.45, 2.75) is 17.5 Å². The molecule has 4 aromatic rings. The van der Waals surface area contributed by atoms with Crippen LogP contribution in [-0.2, 0) is 10.2 Å². The fraction of sp³-hybridized carbons (Fsp3) is 0.121. The molecule has 0 saturated carbocycles. The van der Waals surface area contributed by atoms with Gasteiger partial charge in [0.05, 0.1) is 21.9 Å². The molecule has 0 aliphatic carbocycles. The third-order valence-corrected chi connectivity index (χ3v) is 8.93. The molecule has 0 unspecified atom stereocenters. The zero-order chi connectivity index (χ0) is 29.2. The highest BCUT2D eigenvalue weighted by atomic mass is 35.5. The first kappa shape index (κ1) is 25.9.